The van der Waals surface area contributed by atoms with Crippen molar-refractivity contribution in [1.82, 2.24) is 0 Å². The summed E-state index contributed by atoms with van der Waals surface area (Å²) in [6.07, 6.45) is 10.5. The summed E-state index contributed by atoms with van der Waals surface area (Å²) in [5.41, 5.74) is 1.43. The third-order valence-electron chi connectivity index (χ3n) is 8.86. The molecule has 0 aromatic heterocycles. The molecule has 4 aliphatic carbocycles. The first-order valence-electron chi connectivity index (χ1n) is 10.1. The largest absolute Gasteiger partial charge is 0.459 e. The molecule has 3 nitrogen and oxygen atoms in total. The zero-order valence-corrected chi connectivity index (χ0v) is 16.2. The SMILES string of the molecule is CC(=O)O[C@@]1(C)CC[C@H]2[C@@H]3CCC4=CC(=O)CC[C@]4(C)[C@H]3CC[C@@]21C. The number of hydrogen-bond donors (Lipinski definition) is 0. The molecule has 4 aliphatic rings. The molecule has 0 aromatic rings. The molecule has 3 heteroatoms. The average Bonchev–Trinajstić information content (AvgIpc) is 2.79. The van der Waals surface area contributed by atoms with Crippen molar-refractivity contribution in [1.29, 1.82) is 0 Å². The molecule has 6 atom stereocenters. The van der Waals surface area contributed by atoms with E-state index in [1.165, 1.54) is 24.8 Å². The maximum Gasteiger partial charge on any atom is 0.303 e. The number of fused-ring (bicyclic) bond motifs is 5. The Balaban J connectivity index is 1.66. The minimum absolute atomic E-state index is 0.0991. The molecule has 0 radical (unpaired) electrons. The van der Waals surface area contributed by atoms with Crippen LogP contribution in [0.4, 0.5) is 0 Å². The molecule has 0 N–H and O–H groups in total. The summed E-state index contributed by atoms with van der Waals surface area (Å²) >= 11 is 0. The Hall–Kier alpha value is -1.12. The van der Waals surface area contributed by atoms with E-state index in [1.807, 2.05) is 6.08 Å². The van der Waals surface area contributed by atoms with E-state index in [1.54, 1.807) is 6.92 Å². The molecule has 25 heavy (non-hydrogen) atoms. The molecular weight excluding hydrogens is 312 g/mol. The third kappa shape index (κ3) is 2.30. The molecule has 0 bridgehead atoms. The fourth-order valence-corrected chi connectivity index (χ4v) is 7.27. The Bertz CT molecular complexity index is 650. The van der Waals surface area contributed by atoms with Gasteiger partial charge in [-0.25, -0.2) is 0 Å². The van der Waals surface area contributed by atoms with Crippen LogP contribution in [-0.2, 0) is 14.3 Å². The van der Waals surface area contributed by atoms with Crippen molar-refractivity contribution in [3.63, 3.8) is 0 Å². The quantitative estimate of drug-likeness (QED) is 0.639. The molecule has 0 aromatic carbocycles. The lowest BCUT2D eigenvalue weighted by Crippen LogP contribution is -2.55. The molecule has 4 rings (SSSR count). The summed E-state index contributed by atoms with van der Waals surface area (Å²) < 4.78 is 5.90. The minimum Gasteiger partial charge on any atom is -0.459 e. The normalized spacial score (nSPS) is 48.9. The molecule has 3 saturated carbocycles. The highest BCUT2D eigenvalue weighted by atomic mass is 16.6. The molecule has 138 valence electrons. The van der Waals surface area contributed by atoms with Crippen LogP contribution in [0.1, 0.15) is 79.1 Å². The van der Waals surface area contributed by atoms with Crippen LogP contribution in [0.3, 0.4) is 0 Å². The van der Waals surface area contributed by atoms with Gasteiger partial charge in [0.25, 0.3) is 0 Å². The van der Waals surface area contributed by atoms with Gasteiger partial charge in [0.2, 0.25) is 0 Å². The van der Waals surface area contributed by atoms with Crippen molar-refractivity contribution in [3.8, 4) is 0 Å². The molecule has 0 spiro atoms. The summed E-state index contributed by atoms with van der Waals surface area (Å²) in [6.45, 7) is 8.52. The van der Waals surface area contributed by atoms with Crippen LogP contribution in [0.15, 0.2) is 11.6 Å². The van der Waals surface area contributed by atoms with Crippen LogP contribution in [0.2, 0.25) is 0 Å². The van der Waals surface area contributed by atoms with Gasteiger partial charge < -0.3 is 4.74 Å². The van der Waals surface area contributed by atoms with Gasteiger partial charge in [0.05, 0.1) is 0 Å². The summed E-state index contributed by atoms with van der Waals surface area (Å²) in [5, 5.41) is 0. The number of allylic oxidation sites excluding steroid dienone is 1. The van der Waals surface area contributed by atoms with E-state index in [2.05, 4.69) is 20.8 Å². The molecule has 0 saturated heterocycles. The standard InChI is InChI=1S/C22H32O3/c1-14(23)25-22(4)12-9-19-17-6-5-15-13-16(24)7-10-20(15,2)18(17)8-11-21(19,22)3/h13,17-19H,5-12H2,1-4H3/t17-,18+,19+,20+,21+,22+/m1/s1. The van der Waals surface area contributed by atoms with E-state index in [0.29, 0.717) is 23.5 Å². The predicted octanol–water partition coefficient (Wildman–Crippen LogP) is 4.84. The second-order valence-corrected chi connectivity index (χ2v) is 9.79. The van der Waals surface area contributed by atoms with Crippen LogP contribution < -0.4 is 0 Å². The Kier molecular flexibility index (Phi) is 3.76. The van der Waals surface area contributed by atoms with Crippen LogP contribution in [-0.4, -0.2) is 17.4 Å². The number of carbonyl (C=O) groups is 2. The second kappa shape index (κ2) is 5.44. The lowest BCUT2D eigenvalue weighted by atomic mass is 9.46. The Morgan fingerprint density at radius 1 is 1.04 bits per heavy atom. The zero-order valence-electron chi connectivity index (χ0n) is 16.2. The average molecular weight is 344 g/mol. The summed E-state index contributed by atoms with van der Waals surface area (Å²) in [7, 11) is 0. The fourth-order valence-electron chi connectivity index (χ4n) is 7.27. The van der Waals surface area contributed by atoms with Gasteiger partial charge in [0, 0.05) is 18.8 Å². The summed E-state index contributed by atoms with van der Waals surface area (Å²) in [4.78, 5) is 23.6. The highest BCUT2D eigenvalue weighted by molar-refractivity contribution is 5.91. The highest BCUT2D eigenvalue weighted by Gasteiger charge is 2.64. The van der Waals surface area contributed by atoms with Gasteiger partial charge in [-0.3, -0.25) is 9.59 Å². The van der Waals surface area contributed by atoms with Crippen LogP contribution in [0, 0.1) is 28.6 Å². The maximum absolute atomic E-state index is 11.9. The Morgan fingerprint density at radius 2 is 1.76 bits per heavy atom. The van der Waals surface area contributed by atoms with Crippen molar-refractivity contribution in [2.24, 2.45) is 28.6 Å². The fraction of sp³-hybridized carbons (Fsp3) is 0.818. The van der Waals surface area contributed by atoms with Crippen LogP contribution >= 0.6 is 0 Å². The first-order valence-corrected chi connectivity index (χ1v) is 10.1. The number of ether oxygens (including phenoxy) is 1. The molecular formula is C22H32O3. The van der Waals surface area contributed by atoms with E-state index in [9.17, 15) is 9.59 Å². The molecule has 3 fully saturated rings. The van der Waals surface area contributed by atoms with Gasteiger partial charge in [-0.1, -0.05) is 19.4 Å². The summed E-state index contributed by atoms with van der Waals surface area (Å²) in [6, 6.07) is 0. The summed E-state index contributed by atoms with van der Waals surface area (Å²) in [5.74, 6) is 2.24. The van der Waals surface area contributed by atoms with Crippen molar-refractivity contribution in [2.45, 2.75) is 84.7 Å². The smallest absolute Gasteiger partial charge is 0.303 e. The number of rotatable bonds is 1. The molecule has 0 aliphatic heterocycles. The number of esters is 1. The van der Waals surface area contributed by atoms with E-state index in [-0.39, 0.29) is 22.4 Å². The highest BCUT2D eigenvalue weighted by Crippen LogP contribution is 2.68. The first-order chi connectivity index (χ1) is 11.7. The Labute approximate surface area is 151 Å². The number of carbonyl (C=O) groups excluding carboxylic acids is 2. The Morgan fingerprint density at radius 3 is 2.48 bits per heavy atom. The van der Waals surface area contributed by atoms with Crippen molar-refractivity contribution >= 4 is 11.8 Å². The van der Waals surface area contributed by atoms with Gasteiger partial charge >= 0.3 is 5.97 Å². The number of ketones is 1. The topological polar surface area (TPSA) is 43.4 Å². The zero-order chi connectivity index (χ0) is 18.0. The van der Waals surface area contributed by atoms with Crippen LogP contribution in [0.25, 0.3) is 0 Å². The van der Waals surface area contributed by atoms with E-state index >= 15 is 0 Å². The van der Waals surface area contributed by atoms with Gasteiger partial charge in [-0.05, 0) is 81.1 Å². The van der Waals surface area contributed by atoms with Crippen molar-refractivity contribution in [3.05, 3.63) is 11.6 Å². The van der Waals surface area contributed by atoms with Crippen molar-refractivity contribution < 1.29 is 14.3 Å². The lowest BCUT2D eigenvalue weighted by Gasteiger charge is -2.59. The second-order valence-electron chi connectivity index (χ2n) is 9.79. The van der Waals surface area contributed by atoms with Gasteiger partial charge in [0.1, 0.15) is 5.60 Å². The predicted molar refractivity (Wildman–Crippen MR) is 96.9 cm³/mol. The van der Waals surface area contributed by atoms with Crippen molar-refractivity contribution in [2.75, 3.05) is 0 Å². The number of hydrogen-bond acceptors (Lipinski definition) is 3. The molecule has 0 amide bonds. The monoisotopic (exact) mass is 344 g/mol. The van der Waals surface area contributed by atoms with Gasteiger partial charge in [0.15, 0.2) is 5.78 Å². The van der Waals surface area contributed by atoms with E-state index in [0.717, 1.165) is 32.1 Å². The van der Waals surface area contributed by atoms with Gasteiger partial charge in [-0.15, -0.1) is 0 Å². The van der Waals surface area contributed by atoms with Crippen LogP contribution in [0.5, 0.6) is 0 Å². The first kappa shape index (κ1) is 17.3. The molecule has 0 unspecified atom stereocenters. The van der Waals surface area contributed by atoms with E-state index < -0.39 is 0 Å². The van der Waals surface area contributed by atoms with E-state index in [4.69, 9.17) is 4.74 Å². The lowest BCUT2D eigenvalue weighted by molar-refractivity contribution is -0.177. The maximum atomic E-state index is 11.9. The minimum atomic E-state index is -0.311. The molecule has 0 heterocycles. The van der Waals surface area contributed by atoms with Gasteiger partial charge in [-0.2, -0.15) is 0 Å². The third-order valence-corrected chi connectivity index (χ3v) is 8.86.